The lowest BCUT2D eigenvalue weighted by atomic mass is 9.48. The number of hydrogen-bond acceptors (Lipinski definition) is 3. The molecular formula is C24H36O4. The van der Waals surface area contributed by atoms with E-state index in [4.69, 9.17) is 5.11 Å². The number of hydrogen-bond donors (Lipinski definition) is 2. The van der Waals surface area contributed by atoms with Crippen LogP contribution in [0, 0.1) is 40.4 Å². The van der Waals surface area contributed by atoms with Gasteiger partial charge in [0.25, 0.3) is 0 Å². The van der Waals surface area contributed by atoms with E-state index in [1.807, 2.05) is 6.08 Å². The number of aliphatic hydroxyl groups is 1. The van der Waals surface area contributed by atoms with E-state index in [0.29, 0.717) is 35.9 Å². The van der Waals surface area contributed by atoms with Gasteiger partial charge in [-0.2, -0.15) is 0 Å². The number of aliphatic carboxylic acids is 1. The molecule has 8 atom stereocenters. The van der Waals surface area contributed by atoms with Crippen LogP contribution in [0.15, 0.2) is 11.6 Å². The highest BCUT2D eigenvalue weighted by Crippen LogP contribution is 2.65. The molecule has 0 radical (unpaired) electrons. The summed E-state index contributed by atoms with van der Waals surface area (Å²) < 4.78 is 0. The van der Waals surface area contributed by atoms with Gasteiger partial charge >= 0.3 is 5.97 Å². The summed E-state index contributed by atoms with van der Waals surface area (Å²) in [5.74, 6) is 1.51. The van der Waals surface area contributed by atoms with Crippen LogP contribution < -0.4 is 0 Å². The van der Waals surface area contributed by atoms with Crippen LogP contribution in [-0.4, -0.2) is 28.1 Å². The number of carboxylic acid groups (broad SMARTS) is 1. The van der Waals surface area contributed by atoms with Gasteiger partial charge in [-0.25, -0.2) is 0 Å². The Kier molecular flexibility index (Phi) is 5.01. The molecule has 4 rings (SSSR count). The summed E-state index contributed by atoms with van der Waals surface area (Å²) in [7, 11) is 0. The van der Waals surface area contributed by atoms with Crippen LogP contribution in [0.1, 0.15) is 78.6 Å². The first-order valence-electron chi connectivity index (χ1n) is 11.3. The molecule has 0 saturated heterocycles. The van der Waals surface area contributed by atoms with Crippen molar-refractivity contribution in [2.75, 3.05) is 0 Å². The van der Waals surface area contributed by atoms with Gasteiger partial charge in [-0.1, -0.05) is 26.3 Å². The highest BCUT2D eigenvalue weighted by molar-refractivity contribution is 5.97. The number of rotatable bonds is 4. The minimum Gasteiger partial charge on any atom is -0.481 e. The standard InChI is InChI=1S/C24H36O4/c1-14(4-9-22(27)28)18-7-8-19-17-6-5-15-12-16(25)10-11-23(15,2)20(17)13-21(26)24(18,19)3/h13-19,25H,4-12H2,1-3H3,(H,27,28)/t14-,15-,16-,17-,18+,19-,23+,24-/m1/s1. The zero-order valence-corrected chi connectivity index (χ0v) is 17.6. The molecular weight excluding hydrogens is 352 g/mol. The lowest BCUT2D eigenvalue weighted by Gasteiger charge is -2.56. The van der Waals surface area contributed by atoms with Crippen molar-refractivity contribution in [2.24, 2.45) is 40.4 Å². The van der Waals surface area contributed by atoms with Gasteiger partial charge in [0, 0.05) is 11.8 Å². The van der Waals surface area contributed by atoms with Crippen LogP contribution in [-0.2, 0) is 9.59 Å². The van der Waals surface area contributed by atoms with Gasteiger partial charge in [0.1, 0.15) is 0 Å². The maximum Gasteiger partial charge on any atom is 0.303 e. The fourth-order valence-electron chi connectivity index (χ4n) is 7.79. The molecule has 0 aliphatic heterocycles. The first kappa shape index (κ1) is 20.1. The molecule has 3 fully saturated rings. The van der Waals surface area contributed by atoms with Crippen LogP contribution in [0.4, 0.5) is 0 Å². The average molecular weight is 389 g/mol. The number of ketones is 1. The maximum absolute atomic E-state index is 13.5. The molecule has 2 N–H and O–H groups in total. The Hall–Kier alpha value is -1.16. The zero-order chi connectivity index (χ0) is 20.3. The van der Waals surface area contributed by atoms with Crippen molar-refractivity contribution in [3.63, 3.8) is 0 Å². The number of carbonyl (C=O) groups is 2. The summed E-state index contributed by atoms with van der Waals surface area (Å²) in [6.07, 6.45) is 9.87. The Morgan fingerprint density at radius 2 is 1.96 bits per heavy atom. The van der Waals surface area contributed by atoms with Gasteiger partial charge in [-0.3, -0.25) is 9.59 Å². The fourth-order valence-corrected chi connectivity index (χ4v) is 7.79. The van der Waals surface area contributed by atoms with E-state index >= 15 is 0 Å². The molecule has 0 aromatic rings. The van der Waals surface area contributed by atoms with Crippen LogP contribution in [0.3, 0.4) is 0 Å². The smallest absolute Gasteiger partial charge is 0.303 e. The molecule has 0 aromatic carbocycles. The molecule has 3 saturated carbocycles. The highest BCUT2D eigenvalue weighted by Gasteiger charge is 2.60. The molecule has 4 aliphatic rings. The summed E-state index contributed by atoms with van der Waals surface area (Å²) in [5, 5.41) is 19.2. The normalized spacial score (nSPS) is 46.2. The zero-order valence-electron chi connectivity index (χ0n) is 17.6. The Morgan fingerprint density at radius 3 is 2.68 bits per heavy atom. The summed E-state index contributed by atoms with van der Waals surface area (Å²) >= 11 is 0. The molecule has 4 aliphatic carbocycles. The van der Waals surface area contributed by atoms with Gasteiger partial charge in [0.05, 0.1) is 6.10 Å². The van der Waals surface area contributed by atoms with Crippen LogP contribution in [0.2, 0.25) is 0 Å². The van der Waals surface area contributed by atoms with E-state index in [-0.39, 0.29) is 29.3 Å². The molecule has 156 valence electrons. The number of carbonyl (C=O) groups excluding carboxylic acids is 1. The minimum atomic E-state index is -0.741. The second-order valence-electron chi connectivity index (χ2n) is 10.7. The molecule has 28 heavy (non-hydrogen) atoms. The Bertz CT molecular complexity index is 697. The second-order valence-corrected chi connectivity index (χ2v) is 10.7. The van der Waals surface area contributed by atoms with E-state index in [1.54, 1.807) is 0 Å². The average Bonchev–Trinajstić information content (AvgIpc) is 3.00. The lowest BCUT2D eigenvalue weighted by Crippen LogP contribution is -2.52. The summed E-state index contributed by atoms with van der Waals surface area (Å²) in [6.45, 7) is 6.68. The molecule has 0 spiro atoms. The predicted molar refractivity (Wildman–Crippen MR) is 108 cm³/mol. The third-order valence-corrected chi connectivity index (χ3v) is 9.47. The fraction of sp³-hybridized carbons (Fsp3) is 0.833. The third kappa shape index (κ3) is 2.89. The van der Waals surface area contributed by atoms with E-state index in [2.05, 4.69) is 20.8 Å². The van der Waals surface area contributed by atoms with Crippen molar-refractivity contribution in [1.82, 2.24) is 0 Å². The Morgan fingerprint density at radius 1 is 1.21 bits per heavy atom. The van der Waals surface area contributed by atoms with Gasteiger partial charge in [0.2, 0.25) is 0 Å². The molecule has 0 heterocycles. The largest absolute Gasteiger partial charge is 0.481 e. The van der Waals surface area contributed by atoms with Crippen molar-refractivity contribution < 1.29 is 19.8 Å². The van der Waals surface area contributed by atoms with E-state index in [1.165, 1.54) is 5.57 Å². The van der Waals surface area contributed by atoms with Gasteiger partial charge < -0.3 is 10.2 Å². The third-order valence-electron chi connectivity index (χ3n) is 9.47. The minimum absolute atomic E-state index is 0.0755. The summed E-state index contributed by atoms with van der Waals surface area (Å²) in [6, 6.07) is 0. The van der Waals surface area contributed by atoms with Gasteiger partial charge in [0.15, 0.2) is 5.78 Å². The van der Waals surface area contributed by atoms with Crippen molar-refractivity contribution in [3.8, 4) is 0 Å². The van der Waals surface area contributed by atoms with Gasteiger partial charge in [-0.15, -0.1) is 0 Å². The first-order chi connectivity index (χ1) is 13.2. The molecule has 0 aromatic heterocycles. The molecule has 0 amide bonds. The highest BCUT2D eigenvalue weighted by atomic mass is 16.4. The number of fused-ring (bicyclic) bond motifs is 5. The van der Waals surface area contributed by atoms with Crippen molar-refractivity contribution in [2.45, 2.75) is 84.7 Å². The maximum atomic E-state index is 13.5. The molecule has 0 unspecified atom stereocenters. The lowest BCUT2D eigenvalue weighted by molar-refractivity contribution is -0.137. The van der Waals surface area contributed by atoms with Crippen LogP contribution >= 0.6 is 0 Å². The molecule has 0 bridgehead atoms. The SMILES string of the molecule is C[C@H](CCC(=O)O)[C@@H]1CC[C@@H]2[C@H]3CC[C@@H]4C[C@H](O)CC[C@]4(C)C3=CC(=O)[C@@]21C. The summed E-state index contributed by atoms with van der Waals surface area (Å²) in [5.41, 5.74) is 1.14. The quantitative estimate of drug-likeness (QED) is 0.738. The topological polar surface area (TPSA) is 74.6 Å². The Balaban J connectivity index is 1.63. The number of carboxylic acids is 1. The number of aliphatic hydroxyl groups excluding tert-OH is 1. The van der Waals surface area contributed by atoms with Crippen molar-refractivity contribution in [1.29, 1.82) is 0 Å². The van der Waals surface area contributed by atoms with E-state index < -0.39 is 5.97 Å². The Labute approximate surface area is 168 Å². The van der Waals surface area contributed by atoms with E-state index in [9.17, 15) is 14.7 Å². The van der Waals surface area contributed by atoms with Gasteiger partial charge in [-0.05, 0) is 92.4 Å². The monoisotopic (exact) mass is 388 g/mol. The first-order valence-corrected chi connectivity index (χ1v) is 11.3. The summed E-state index contributed by atoms with van der Waals surface area (Å²) in [4.78, 5) is 24.6. The number of allylic oxidation sites excluding steroid dienone is 2. The second kappa shape index (κ2) is 6.97. The van der Waals surface area contributed by atoms with Crippen LogP contribution in [0.5, 0.6) is 0 Å². The predicted octanol–water partition coefficient (Wildman–Crippen LogP) is 4.61. The molecule has 4 nitrogen and oxygen atoms in total. The van der Waals surface area contributed by atoms with Crippen LogP contribution in [0.25, 0.3) is 0 Å². The molecule has 4 heteroatoms. The van der Waals surface area contributed by atoms with Crippen molar-refractivity contribution in [3.05, 3.63) is 11.6 Å². The van der Waals surface area contributed by atoms with E-state index in [0.717, 1.165) is 44.9 Å². The van der Waals surface area contributed by atoms with Crippen molar-refractivity contribution >= 4 is 11.8 Å².